The van der Waals surface area contributed by atoms with E-state index in [-0.39, 0.29) is 11.6 Å². The number of hydrogen-bond acceptors (Lipinski definition) is 4. The lowest BCUT2D eigenvalue weighted by Gasteiger charge is -2.15. The van der Waals surface area contributed by atoms with Gasteiger partial charge in [0.05, 0.1) is 12.7 Å². The van der Waals surface area contributed by atoms with E-state index in [2.05, 4.69) is 9.72 Å². The number of benzene rings is 1. The number of methoxy groups -OCH3 is 1. The van der Waals surface area contributed by atoms with Crippen molar-refractivity contribution in [3.63, 3.8) is 0 Å². The zero-order valence-corrected chi connectivity index (χ0v) is 11.5. The summed E-state index contributed by atoms with van der Waals surface area (Å²) in [5, 5.41) is 0. The highest BCUT2D eigenvalue weighted by Crippen LogP contribution is 2.35. The Kier molecular flexibility index (Phi) is 4.16. The Hall–Kier alpha value is -2.50. The Morgan fingerprint density at radius 3 is 2.38 bits per heavy atom. The van der Waals surface area contributed by atoms with Gasteiger partial charge in [-0.15, -0.1) is 0 Å². The molecule has 0 bridgehead atoms. The SMILES string of the molecule is COC(=O)c1ccc(C(C)(F)F)c(Oc2ccccc2)n1. The van der Waals surface area contributed by atoms with Crippen LogP contribution in [-0.4, -0.2) is 18.1 Å². The van der Waals surface area contributed by atoms with E-state index in [4.69, 9.17) is 4.74 Å². The number of pyridine rings is 1. The monoisotopic (exact) mass is 293 g/mol. The lowest BCUT2D eigenvalue weighted by atomic mass is 10.1. The quantitative estimate of drug-likeness (QED) is 0.805. The average Bonchev–Trinajstić information content (AvgIpc) is 2.46. The van der Waals surface area contributed by atoms with E-state index in [1.54, 1.807) is 30.3 Å². The van der Waals surface area contributed by atoms with Gasteiger partial charge < -0.3 is 9.47 Å². The number of carbonyl (C=O) groups excluding carboxylic acids is 1. The van der Waals surface area contributed by atoms with Crippen LogP contribution < -0.4 is 4.74 Å². The Bertz CT molecular complexity index is 639. The first-order valence-electron chi connectivity index (χ1n) is 6.12. The predicted molar refractivity (Wildman–Crippen MR) is 71.7 cm³/mol. The first-order chi connectivity index (χ1) is 9.91. The number of halogens is 2. The van der Waals surface area contributed by atoms with Crippen LogP contribution in [0.3, 0.4) is 0 Å². The molecule has 0 unspecified atom stereocenters. The molecule has 1 aromatic carbocycles. The van der Waals surface area contributed by atoms with Gasteiger partial charge in [0.2, 0.25) is 5.88 Å². The van der Waals surface area contributed by atoms with Crippen LogP contribution in [-0.2, 0) is 10.7 Å². The van der Waals surface area contributed by atoms with E-state index < -0.39 is 17.5 Å². The largest absolute Gasteiger partial charge is 0.464 e. The fraction of sp³-hybridized carbons (Fsp3) is 0.200. The van der Waals surface area contributed by atoms with E-state index in [1.807, 2.05) is 0 Å². The molecule has 2 rings (SSSR count). The number of nitrogens with zero attached hydrogens (tertiary/aromatic N) is 1. The van der Waals surface area contributed by atoms with Crippen molar-refractivity contribution in [2.75, 3.05) is 7.11 Å². The third kappa shape index (κ3) is 3.53. The second-order valence-corrected chi connectivity index (χ2v) is 4.34. The zero-order valence-electron chi connectivity index (χ0n) is 11.5. The summed E-state index contributed by atoms with van der Waals surface area (Å²) < 4.78 is 37.1. The average molecular weight is 293 g/mol. The molecule has 4 nitrogen and oxygen atoms in total. The van der Waals surface area contributed by atoms with Gasteiger partial charge in [-0.2, -0.15) is 0 Å². The van der Waals surface area contributed by atoms with Gasteiger partial charge in [0.1, 0.15) is 5.75 Å². The van der Waals surface area contributed by atoms with Crippen molar-refractivity contribution >= 4 is 5.97 Å². The minimum atomic E-state index is -3.15. The van der Waals surface area contributed by atoms with Crippen LogP contribution in [0.15, 0.2) is 42.5 Å². The number of hydrogen-bond donors (Lipinski definition) is 0. The maximum Gasteiger partial charge on any atom is 0.356 e. The van der Waals surface area contributed by atoms with Crippen LogP contribution in [0.25, 0.3) is 0 Å². The highest BCUT2D eigenvalue weighted by atomic mass is 19.3. The maximum absolute atomic E-state index is 13.6. The van der Waals surface area contributed by atoms with Crippen molar-refractivity contribution in [3.8, 4) is 11.6 Å². The fourth-order valence-corrected chi connectivity index (χ4v) is 1.67. The molecular weight excluding hydrogens is 280 g/mol. The molecule has 0 aliphatic carbocycles. The third-order valence-corrected chi connectivity index (χ3v) is 2.69. The minimum absolute atomic E-state index is 0.101. The second kappa shape index (κ2) is 5.87. The molecule has 0 saturated heterocycles. The molecule has 2 aromatic rings. The Balaban J connectivity index is 2.46. The van der Waals surface area contributed by atoms with Gasteiger partial charge in [-0.05, 0) is 24.3 Å². The van der Waals surface area contributed by atoms with E-state index in [1.165, 1.54) is 13.2 Å². The Labute approximate surface area is 120 Å². The summed E-state index contributed by atoms with van der Waals surface area (Å²) in [5.41, 5.74) is -0.504. The summed E-state index contributed by atoms with van der Waals surface area (Å²) in [6.07, 6.45) is 0. The van der Waals surface area contributed by atoms with Gasteiger partial charge in [0.15, 0.2) is 5.69 Å². The molecule has 110 valence electrons. The third-order valence-electron chi connectivity index (χ3n) is 2.69. The first-order valence-corrected chi connectivity index (χ1v) is 6.12. The summed E-state index contributed by atoms with van der Waals surface area (Å²) in [7, 11) is 1.18. The summed E-state index contributed by atoms with van der Waals surface area (Å²) >= 11 is 0. The van der Waals surface area contributed by atoms with E-state index >= 15 is 0 Å². The van der Waals surface area contributed by atoms with Crippen LogP contribution >= 0.6 is 0 Å². The van der Waals surface area contributed by atoms with Crippen molar-refractivity contribution in [2.45, 2.75) is 12.8 Å². The molecule has 0 saturated carbocycles. The number of rotatable bonds is 4. The fourth-order valence-electron chi connectivity index (χ4n) is 1.67. The van der Waals surface area contributed by atoms with E-state index in [0.717, 1.165) is 13.0 Å². The molecule has 0 radical (unpaired) electrons. The molecule has 6 heteroatoms. The number of para-hydroxylation sites is 1. The smallest absolute Gasteiger partial charge is 0.356 e. The number of carbonyl (C=O) groups is 1. The first kappa shape index (κ1) is 14.9. The number of esters is 1. The van der Waals surface area contributed by atoms with Crippen LogP contribution in [0.2, 0.25) is 0 Å². The van der Waals surface area contributed by atoms with E-state index in [9.17, 15) is 13.6 Å². The molecule has 0 aliphatic rings. The molecule has 1 aromatic heterocycles. The molecule has 0 fully saturated rings. The van der Waals surface area contributed by atoms with Crippen LogP contribution in [0.1, 0.15) is 23.0 Å². The van der Waals surface area contributed by atoms with Gasteiger partial charge in [0.25, 0.3) is 5.92 Å². The summed E-state index contributed by atoms with van der Waals surface area (Å²) in [4.78, 5) is 15.3. The standard InChI is InChI=1S/C15H13F2NO3/c1-15(16,17)11-8-9-12(14(19)20-2)18-13(11)21-10-6-4-3-5-7-10/h3-9H,1-2H3. The minimum Gasteiger partial charge on any atom is -0.464 e. The van der Waals surface area contributed by atoms with E-state index in [0.29, 0.717) is 5.75 Å². The van der Waals surface area contributed by atoms with Crippen molar-refractivity contribution in [3.05, 3.63) is 53.7 Å². The normalized spacial score (nSPS) is 11.0. The summed E-state index contributed by atoms with van der Waals surface area (Å²) in [6, 6.07) is 10.6. The predicted octanol–water partition coefficient (Wildman–Crippen LogP) is 3.77. The summed E-state index contributed by atoms with van der Waals surface area (Å²) in [6.45, 7) is 0.736. The Morgan fingerprint density at radius 1 is 1.14 bits per heavy atom. The molecular formula is C15H13F2NO3. The number of ether oxygens (including phenoxy) is 2. The molecule has 0 amide bonds. The van der Waals surface area contributed by atoms with Gasteiger partial charge in [-0.3, -0.25) is 0 Å². The van der Waals surface area contributed by atoms with Crippen molar-refractivity contribution < 1.29 is 23.0 Å². The van der Waals surface area contributed by atoms with Crippen LogP contribution in [0.4, 0.5) is 8.78 Å². The molecule has 0 N–H and O–H groups in total. The van der Waals surface area contributed by atoms with Crippen molar-refractivity contribution in [1.82, 2.24) is 4.98 Å². The van der Waals surface area contributed by atoms with Crippen molar-refractivity contribution in [2.24, 2.45) is 0 Å². The zero-order chi connectivity index (χ0) is 15.5. The van der Waals surface area contributed by atoms with Gasteiger partial charge in [-0.1, -0.05) is 18.2 Å². The topological polar surface area (TPSA) is 48.4 Å². The highest BCUT2D eigenvalue weighted by Gasteiger charge is 2.30. The lowest BCUT2D eigenvalue weighted by Crippen LogP contribution is -2.13. The summed E-state index contributed by atoms with van der Waals surface area (Å²) in [5.74, 6) is -3.85. The van der Waals surface area contributed by atoms with Crippen molar-refractivity contribution in [1.29, 1.82) is 0 Å². The highest BCUT2D eigenvalue weighted by molar-refractivity contribution is 5.87. The number of aromatic nitrogens is 1. The van der Waals surface area contributed by atoms with Gasteiger partial charge in [-0.25, -0.2) is 18.6 Å². The second-order valence-electron chi connectivity index (χ2n) is 4.34. The van der Waals surface area contributed by atoms with Gasteiger partial charge >= 0.3 is 5.97 Å². The molecule has 21 heavy (non-hydrogen) atoms. The maximum atomic E-state index is 13.6. The van der Waals surface area contributed by atoms with Gasteiger partial charge in [0, 0.05) is 6.92 Å². The Morgan fingerprint density at radius 2 is 1.81 bits per heavy atom. The van der Waals surface area contributed by atoms with Crippen LogP contribution in [0, 0.1) is 0 Å². The van der Waals surface area contributed by atoms with Crippen LogP contribution in [0.5, 0.6) is 11.6 Å². The lowest BCUT2D eigenvalue weighted by molar-refractivity contribution is 0.0147. The number of alkyl halides is 2. The molecule has 0 spiro atoms. The molecule has 0 aliphatic heterocycles. The molecule has 0 atom stereocenters. The molecule has 1 heterocycles.